The van der Waals surface area contributed by atoms with E-state index in [2.05, 4.69) is 15.5 Å². The summed E-state index contributed by atoms with van der Waals surface area (Å²) in [7, 11) is 0. The monoisotopic (exact) mass is 392 g/mol. The number of thioether (sulfide) groups is 1. The lowest BCUT2D eigenvalue weighted by Crippen LogP contribution is -2.42. The van der Waals surface area contributed by atoms with Crippen LogP contribution >= 0.6 is 11.8 Å². The first-order chi connectivity index (χ1) is 13.1. The molecule has 2 N–H and O–H groups in total. The molecule has 2 fully saturated rings. The number of nitrogens with zero attached hydrogens (tertiary/aromatic N) is 2. The Kier molecular flexibility index (Phi) is 6.30. The number of carbonyl (C=O) groups excluding carboxylic acids is 4. The summed E-state index contributed by atoms with van der Waals surface area (Å²) < 4.78 is 5.34. The molecule has 0 radical (unpaired) electrons. The number of para-hydroxylation sites is 2. The third kappa shape index (κ3) is 4.77. The van der Waals surface area contributed by atoms with Gasteiger partial charge in [0.25, 0.3) is 5.24 Å². The first-order valence-electron chi connectivity index (χ1n) is 8.54. The molecule has 0 bridgehead atoms. The van der Waals surface area contributed by atoms with Gasteiger partial charge >= 0.3 is 11.8 Å². The number of carbonyl (C=O) groups is 4. The SMILES string of the molecule is O=C(NCCN1C(=O)CSC1=O)C(=O)Nc1ccccc1N1CCOCC1. The van der Waals surface area contributed by atoms with Crippen LogP contribution in [0.15, 0.2) is 24.3 Å². The smallest absolute Gasteiger partial charge is 0.313 e. The summed E-state index contributed by atoms with van der Waals surface area (Å²) in [4.78, 5) is 50.3. The Morgan fingerprint density at radius 2 is 1.85 bits per heavy atom. The van der Waals surface area contributed by atoms with Crippen molar-refractivity contribution in [2.24, 2.45) is 0 Å². The van der Waals surface area contributed by atoms with Gasteiger partial charge in [0.1, 0.15) is 0 Å². The van der Waals surface area contributed by atoms with Crippen molar-refractivity contribution in [3.8, 4) is 0 Å². The zero-order chi connectivity index (χ0) is 19.2. The standard InChI is InChI=1S/C17H20N4O5S/c22-14-11-27-17(25)21(14)6-5-18-15(23)16(24)19-12-3-1-2-4-13(12)20-7-9-26-10-8-20/h1-4H,5-11H2,(H,18,23)(H,19,24). The summed E-state index contributed by atoms with van der Waals surface area (Å²) in [5.74, 6) is -1.79. The van der Waals surface area contributed by atoms with Crippen LogP contribution in [0.2, 0.25) is 0 Å². The number of hydrogen-bond acceptors (Lipinski definition) is 7. The number of benzene rings is 1. The topological polar surface area (TPSA) is 108 Å². The van der Waals surface area contributed by atoms with Crippen LogP contribution in [-0.2, 0) is 19.1 Å². The number of hydrogen-bond donors (Lipinski definition) is 2. The van der Waals surface area contributed by atoms with E-state index in [4.69, 9.17) is 4.74 Å². The van der Waals surface area contributed by atoms with Crippen molar-refractivity contribution in [3.05, 3.63) is 24.3 Å². The Morgan fingerprint density at radius 3 is 2.56 bits per heavy atom. The molecule has 2 heterocycles. The van der Waals surface area contributed by atoms with E-state index in [0.717, 1.165) is 22.3 Å². The number of rotatable bonds is 5. The summed E-state index contributed by atoms with van der Waals surface area (Å²) in [5.41, 5.74) is 1.37. The van der Waals surface area contributed by atoms with Crippen molar-refractivity contribution in [3.63, 3.8) is 0 Å². The van der Waals surface area contributed by atoms with E-state index in [0.29, 0.717) is 32.0 Å². The van der Waals surface area contributed by atoms with Crippen molar-refractivity contribution in [1.82, 2.24) is 10.2 Å². The zero-order valence-electron chi connectivity index (χ0n) is 14.6. The summed E-state index contributed by atoms with van der Waals surface area (Å²) in [6.45, 7) is 2.69. The molecule has 0 spiro atoms. The van der Waals surface area contributed by atoms with Gasteiger partial charge in [-0.3, -0.25) is 24.1 Å². The van der Waals surface area contributed by atoms with Crippen LogP contribution in [0.3, 0.4) is 0 Å². The summed E-state index contributed by atoms with van der Waals surface area (Å²) in [6, 6.07) is 7.25. The molecule has 3 rings (SSSR count). The summed E-state index contributed by atoms with van der Waals surface area (Å²) in [5, 5.41) is 4.71. The van der Waals surface area contributed by atoms with Gasteiger partial charge in [0.15, 0.2) is 0 Å². The minimum atomic E-state index is -0.821. The molecule has 2 aliphatic heterocycles. The first-order valence-corrected chi connectivity index (χ1v) is 9.53. The molecular weight excluding hydrogens is 372 g/mol. The van der Waals surface area contributed by atoms with Crippen LogP contribution in [-0.4, -0.2) is 73.0 Å². The Balaban J connectivity index is 1.53. The molecule has 144 valence electrons. The third-order valence-corrected chi connectivity index (χ3v) is 5.03. The second-order valence-corrected chi connectivity index (χ2v) is 6.85. The zero-order valence-corrected chi connectivity index (χ0v) is 15.4. The molecule has 2 aliphatic rings. The van der Waals surface area contributed by atoms with Crippen LogP contribution in [0.5, 0.6) is 0 Å². The molecule has 1 aromatic carbocycles. The van der Waals surface area contributed by atoms with Gasteiger partial charge in [-0.1, -0.05) is 23.9 Å². The fourth-order valence-electron chi connectivity index (χ4n) is 2.80. The number of nitrogens with one attached hydrogen (secondary N) is 2. The first kappa shape index (κ1) is 19.2. The van der Waals surface area contributed by atoms with E-state index >= 15 is 0 Å². The van der Waals surface area contributed by atoms with Gasteiger partial charge in [-0.15, -0.1) is 0 Å². The van der Waals surface area contributed by atoms with E-state index < -0.39 is 11.8 Å². The quantitative estimate of drug-likeness (QED) is 0.693. The van der Waals surface area contributed by atoms with Crippen LogP contribution in [0, 0.1) is 0 Å². The van der Waals surface area contributed by atoms with Crippen molar-refractivity contribution < 1.29 is 23.9 Å². The van der Waals surface area contributed by atoms with Crippen LogP contribution in [0.4, 0.5) is 16.2 Å². The second-order valence-electron chi connectivity index (χ2n) is 5.93. The minimum absolute atomic E-state index is 0.0232. The van der Waals surface area contributed by atoms with Crippen molar-refractivity contribution in [2.75, 3.05) is 55.4 Å². The third-order valence-electron chi connectivity index (χ3n) is 4.17. The summed E-state index contributed by atoms with van der Waals surface area (Å²) >= 11 is 0.927. The second kappa shape index (κ2) is 8.87. The average Bonchev–Trinajstić information content (AvgIpc) is 3.01. The maximum absolute atomic E-state index is 12.2. The number of ether oxygens (including phenoxy) is 1. The fourth-order valence-corrected chi connectivity index (χ4v) is 3.55. The molecule has 0 unspecified atom stereocenters. The van der Waals surface area contributed by atoms with Gasteiger partial charge in [-0.2, -0.15) is 0 Å². The van der Waals surface area contributed by atoms with Crippen molar-refractivity contribution in [1.29, 1.82) is 0 Å². The van der Waals surface area contributed by atoms with E-state index in [1.165, 1.54) is 0 Å². The minimum Gasteiger partial charge on any atom is -0.378 e. The van der Waals surface area contributed by atoms with Gasteiger partial charge in [0.05, 0.1) is 30.3 Å². The molecule has 0 saturated carbocycles. The molecule has 27 heavy (non-hydrogen) atoms. The van der Waals surface area contributed by atoms with Crippen molar-refractivity contribution >= 4 is 46.1 Å². The average molecular weight is 392 g/mol. The molecule has 2 saturated heterocycles. The maximum atomic E-state index is 12.2. The highest BCUT2D eigenvalue weighted by Crippen LogP contribution is 2.26. The molecule has 9 nitrogen and oxygen atoms in total. The van der Waals surface area contributed by atoms with E-state index in [1.807, 2.05) is 12.1 Å². The van der Waals surface area contributed by atoms with Gasteiger partial charge < -0.3 is 20.3 Å². The maximum Gasteiger partial charge on any atom is 0.313 e. The predicted octanol–water partition coefficient (Wildman–Crippen LogP) is 0.273. The van der Waals surface area contributed by atoms with Gasteiger partial charge in [-0.05, 0) is 12.1 Å². The van der Waals surface area contributed by atoms with Gasteiger partial charge in [0.2, 0.25) is 5.91 Å². The van der Waals surface area contributed by atoms with Crippen LogP contribution < -0.4 is 15.5 Å². The van der Waals surface area contributed by atoms with Crippen LogP contribution in [0.1, 0.15) is 0 Å². The highest BCUT2D eigenvalue weighted by molar-refractivity contribution is 8.14. The molecule has 10 heteroatoms. The normalized spacial score (nSPS) is 17.2. The number of morpholine rings is 1. The summed E-state index contributed by atoms with van der Waals surface area (Å²) in [6.07, 6.45) is 0. The van der Waals surface area contributed by atoms with E-state index in [1.54, 1.807) is 12.1 Å². The lowest BCUT2D eigenvalue weighted by atomic mass is 10.2. The number of anilines is 2. The highest BCUT2D eigenvalue weighted by atomic mass is 32.2. The predicted molar refractivity (Wildman–Crippen MR) is 101 cm³/mol. The molecule has 0 aliphatic carbocycles. The molecule has 0 aromatic heterocycles. The largest absolute Gasteiger partial charge is 0.378 e. The molecular formula is C17H20N4O5S. The van der Waals surface area contributed by atoms with Crippen LogP contribution in [0.25, 0.3) is 0 Å². The van der Waals surface area contributed by atoms with E-state index in [-0.39, 0.29) is 30.0 Å². The van der Waals surface area contributed by atoms with Gasteiger partial charge in [-0.25, -0.2) is 0 Å². The Hall–Kier alpha value is -2.59. The number of amides is 4. The highest BCUT2D eigenvalue weighted by Gasteiger charge is 2.29. The molecule has 0 atom stereocenters. The molecule has 1 aromatic rings. The Bertz CT molecular complexity index is 735. The lowest BCUT2D eigenvalue weighted by Gasteiger charge is -2.30. The lowest BCUT2D eigenvalue weighted by molar-refractivity contribution is -0.136. The van der Waals surface area contributed by atoms with E-state index in [9.17, 15) is 19.2 Å². The Morgan fingerprint density at radius 1 is 1.11 bits per heavy atom. The van der Waals surface area contributed by atoms with Gasteiger partial charge in [0, 0.05) is 26.2 Å². The fraction of sp³-hybridized carbons (Fsp3) is 0.412. The van der Waals surface area contributed by atoms with Crippen molar-refractivity contribution in [2.45, 2.75) is 0 Å². The Labute approximate surface area is 160 Å². The number of imide groups is 1. The molecule has 4 amide bonds.